The van der Waals surface area contributed by atoms with Gasteiger partial charge in [0.05, 0.1) is 10.1 Å². The lowest BCUT2D eigenvalue weighted by Crippen LogP contribution is -2.37. The van der Waals surface area contributed by atoms with Crippen molar-refractivity contribution in [3.8, 4) is 0 Å². The second kappa shape index (κ2) is 9.84. The Hall–Kier alpha value is -2.45. The molecule has 152 valence electrons. The van der Waals surface area contributed by atoms with Gasteiger partial charge in [0.25, 0.3) is 5.91 Å². The molecule has 0 unspecified atom stereocenters. The van der Waals surface area contributed by atoms with Gasteiger partial charge < -0.3 is 10.1 Å². The Morgan fingerprint density at radius 3 is 2.34 bits per heavy atom. The molecule has 0 bridgehead atoms. The van der Waals surface area contributed by atoms with Gasteiger partial charge in [-0.3, -0.25) is 10.1 Å². The van der Waals surface area contributed by atoms with Gasteiger partial charge in [0.1, 0.15) is 0 Å². The summed E-state index contributed by atoms with van der Waals surface area (Å²) in [5.74, 6) is 0.958. The van der Waals surface area contributed by atoms with Gasteiger partial charge in [0.15, 0.2) is 6.61 Å². The van der Waals surface area contributed by atoms with Crippen LogP contribution in [-0.2, 0) is 9.53 Å². The SMILES string of the molecule is Cc1ccc(NC(=O)NC(=O)COC(=O)c2ccc(C3SCCS3)cc2)cc1C. The zero-order chi connectivity index (χ0) is 20.8. The molecule has 6 nitrogen and oxygen atoms in total. The van der Waals surface area contributed by atoms with Crippen LogP contribution in [0, 0.1) is 13.8 Å². The van der Waals surface area contributed by atoms with Crippen LogP contribution in [-0.4, -0.2) is 36.0 Å². The third-order valence-electron chi connectivity index (χ3n) is 4.39. The quantitative estimate of drug-likeness (QED) is 0.689. The third kappa shape index (κ3) is 6.01. The molecule has 1 fully saturated rings. The van der Waals surface area contributed by atoms with E-state index in [1.807, 2.05) is 61.6 Å². The molecule has 1 heterocycles. The van der Waals surface area contributed by atoms with Crippen LogP contribution in [0.3, 0.4) is 0 Å². The Balaban J connectivity index is 1.45. The number of nitrogens with one attached hydrogen (secondary N) is 2. The van der Waals surface area contributed by atoms with Crippen molar-refractivity contribution in [1.82, 2.24) is 5.32 Å². The molecule has 0 atom stereocenters. The highest BCUT2D eigenvalue weighted by Gasteiger charge is 2.19. The van der Waals surface area contributed by atoms with Crippen molar-refractivity contribution in [2.75, 3.05) is 23.4 Å². The Kier molecular flexibility index (Phi) is 7.22. The molecule has 1 saturated heterocycles. The number of ether oxygens (including phenoxy) is 1. The van der Waals surface area contributed by atoms with Crippen molar-refractivity contribution in [2.24, 2.45) is 0 Å². The predicted octanol–water partition coefficient (Wildman–Crippen LogP) is 4.29. The summed E-state index contributed by atoms with van der Waals surface area (Å²) in [6.45, 7) is 3.37. The summed E-state index contributed by atoms with van der Waals surface area (Å²) in [6.07, 6.45) is 0. The van der Waals surface area contributed by atoms with Crippen LogP contribution in [0.4, 0.5) is 10.5 Å². The number of carbonyl (C=O) groups excluding carboxylic acids is 3. The highest BCUT2D eigenvalue weighted by Crippen LogP contribution is 2.45. The monoisotopic (exact) mass is 430 g/mol. The maximum absolute atomic E-state index is 12.1. The molecule has 0 aromatic heterocycles. The van der Waals surface area contributed by atoms with Gasteiger partial charge >= 0.3 is 12.0 Å². The topological polar surface area (TPSA) is 84.5 Å². The number of amides is 3. The number of anilines is 1. The summed E-state index contributed by atoms with van der Waals surface area (Å²) in [5.41, 5.74) is 4.24. The Labute approximate surface area is 178 Å². The smallest absolute Gasteiger partial charge is 0.338 e. The molecule has 8 heteroatoms. The fraction of sp³-hybridized carbons (Fsp3) is 0.286. The molecule has 1 aliphatic heterocycles. The minimum absolute atomic E-state index is 0.370. The van der Waals surface area contributed by atoms with Crippen molar-refractivity contribution in [2.45, 2.75) is 18.4 Å². The van der Waals surface area contributed by atoms with Gasteiger partial charge in [-0.05, 0) is 54.8 Å². The molecule has 0 aliphatic carbocycles. The van der Waals surface area contributed by atoms with E-state index >= 15 is 0 Å². The number of esters is 1. The Morgan fingerprint density at radius 1 is 1.00 bits per heavy atom. The van der Waals surface area contributed by atoms with E-state index in [0.29, 0.717) is 15.8 Å². The summed E-state index contributed by atoms with van der Waals surface area (Å²) in [7, 11) is 0. The van der Waals surface area contributed by atoms with Crippen molar-refractivity contribution in [3.63, 3.8) is 0 Å². The number of benzene rings is 2. The van der Waals surface area contributed by atoms with Crippen LogP contribution < -0.4 is 10.6 Å². The van der Waals surface area contributed by atoms with Gasteiger partial charge in [-0.1, -0.05) is 18.2 Å². The standard InChI is InChI=1S/C21H22N2O4S2/c1-13-3-8-17(11-14(13)2)22-21(26)23-18(24)12-27-19(25)15-4-6-16(7-5-15)20-28-9-10-29-20/h3-8,11,20H,9-10,12H2,1-2H3,(H2,22,23,24,26). The molecular weight excluding hydrogens is 408 g/mol. The van der Waals surface area contributed by atoms with Crippen molar-refractivity contribution >= 4 is 47.1 Å². The molecule has 3 amide bonds. The number of hydrogen-bond donors (Lipinski definition) is 2. The lowest BCUT2D eigenvalue weighted by atomic mass is 10.1. The van der Waals surface area contributed by atoms with E-state index in [4.69, 9.17) is 4.74 Å². The predicted molar refractivity (Wildman–Crippen MR) is 117 cm³/mol. The molecule has 3 rings (SSSR count). The number of aryl methyl sites for hydroxylation is 2. The molecule has 29 heavy (non-hydrogen) atoms. The molecule has 0 saturated carbocycles. The number of imide groups is 1. The van der Waals surface area contributed by atoms with Gasteiger partial charge in [0.2, 0.25) is 0 Å². The minimum atomic E-state index is -0.699. The van der Waals surface area contributed by atoms with Crippen molar-refractivity contribution in [1.29, 1.82) is 0 Å². The zero-order valence-electron chi connectivity index (χ0n) is 16.2. The first kappa shape index (κ1) is 21.3. The molecule has 1 aliphatic rings. The third-order valence-corrected chi connectivity index (χ3v) is 7.50. The minimum Gasteiger partial charge on any atom is -0.452 e. The average molecular weight is 431 g/mol. The molecule has 0 radical (unpaired) electrons. The average Bonchev–Trinajstić information content (AvgIpc) is 3.24. The van der Waals surface area contributed by atoms with Crippen molar-refractivity contribution in [3.05, 3.63) is 64.7 Å². The van der Waals surface area contributed by atoms with Crippen LogP contribution in [0.25, 0.3) is 0 Å². The summed E-state index contributed by atoms with van der Waals surface area (Å²) in [6, 6.07) is 12.0. The molecule has 2 aromatic rings. The number of hydrogen-bond acceptors (Lipinski definition) is 6. The van der Waals surface area contributed by atoms with E-state index in [0.717, 1.165) is 28.2 Å². The lowest BCUT2D eigenvalue weighted by Gasteiger charge is -2.10. The van der Waals surface area contributed by atoms with Gasteiger partial charge in [-0.15, -0.1) is 23.5 Å². The fourth-order valence-corrected chi connectivity index (χ4v) is 5.55. The molecular formula is C21H22N2O4S2. The number of thioether (sulfide) groups is 2. The van der Waals surface area contributed by atoms with Gasteiger partial charge in [-0.2, -0.15) is 0 Å². The molecule has 2 aromatic carbocycles. The van der Waals surface area contributed by atoms with Crippen LogP contribution in [0.2, 0.25) is 0 Å². The Bertz CT molecular complexity index is 909. The number of urea groups is 1. The molecule has 0 spiro atoms. The normalized spacial score (nSPS) is 13.7. The van der Waals surface area contributed by atoms with E-state index in [2.05, 4.69) is 10.6 Å². The lowest BCUT2D eigenvalue weighted by molar-refractivity contribution is -0.123. The summed E-state index contributed by atoms with van der Waals surface area (Å²) >= 11 is 3.77. The van der Waals surface area contributed by atoms with E-state index in [1.165, 1.54) is 0 Å². The molecule has 2 N–H and O–H groups in total. The van der Waals surface area contributed by atoms with Crippen LogP contribution >= 0.6 is 23.5 Å². The maximum Gasteiger partial charge on any atom is 0.338 e. The number of rotatable bonds is 5. The van der Waals surface area contributed by atoms with E-state index in [9.17, 15) is 14.4 Å². The van der Waals surface area contributed by atoms with Gasteiger partial charge in [-0.25, -0.2) is 9.59 Å². The summed E-state index contributed by atoms with van der Waals surface area (Å²) < 4.78 is 5.40. The van der Waals surface area contributed by atoms with Crippen LogP contribution in [0.15, 0.2) is 42.5 Å². The van der Waals surface area contributed by atoms with Gasteiger partial charge in [0, 0.05) is 17.2 Å². The first-order chi connectivity index (χ1) is 13.9. The first-order valence-electron chi connectivity index (χ1n) is 9.11. The number of carbonyl (C=O) groups is 3. The van der Waals surface area contributed by atoms with Crippen LogP contribution in [0.1, 0.15) is 31.6 Å². The Morgan fingerprint density at radius 2 is 1.69 bits per heavy atom. The van der Waals surface area contributed by atoms with E-state index in [1.54, 1.807) is 18.2 Å². The largest absolute Gasteiger partial charge is 0.452 e. The van der Waals surface area contributed by atoms with Crippen LogP contribution in [0.5, 0.6) is 0 Å². The first-order valence-corrected chi connectivity index (χ1v) is 11.2. The highest BCUT2D eigenvalue weighted by atomic mass is 32.2. The summed E-state index contributed by atoms with van der Waals surface area (Å²) in [5, 5.41) is 4.72. The van der Waals surface area contributed by atoms with E-state index in [-0.39, 0.29) is 0 Å². The fourth-order valence-electron chi connectivity index (χ4n) is 2.69. The van der Waals surface area contributed by atoms with E-state index < -0.39 is 24.5 Å². The zero-order valence-corrected chi connectivity index (χ0v) is 17.8. The van der Waals surface area contributed by atoms with Crippen molar-refractivity contribution < 1.29 is 19.1 Å². The maximum atomic E-state index is 12.1. The second-order valence-corrected chi connectivity index (χ2v) is 9.30. The second-order valence-electron chi connectivity index (χ2n) is 6.57. The highest BCUT2D eigenvalue weighted by molar-refractivity contribution is 8.19. The summed E-state index contributed by atoms with van der Waals surface area (Å²) in [4.78, 5) is 35.9.